The molecule has 0 spiro atoms. The number of halogens is 1. The zero-order valence-electron chi connectivity index (χ0n) is 16.6. The van der Waals surface area contributed by atoms with E-state index in [1.807, 2.05) is 15.9 Å². The number of hydrogen-bond donors (Lipinski definition) is 1. The average molecular weight is 419 g/mol. The summed E-state index contributed by atoms with van der Waals surface area (Å²) in [5, 5.41) is 4.82. The lowest BCUT2D eigenvalue weighted by Crippen LogP contribution is -2.52. The van der Waals surface area contributed by atoms with Crippen molar-refractivity contribution in [2.45, 2.75) is 13.5 Å². The molecule has 6 nitrogen and oxygen atoms in total. The Morgan fingerprint density at radius 3 is 2.48 bits per heavy atom. The van der Waals surface area contributed by atoms with E-state index in [1.54, 1.807) is 23.5 Å². The zero-order chi connectivity index (χ0) is 20.6. The van der Waals surface area contributed by atoms with Gasteiger partial charge in [0.25, 0.3) is 0 Å². The zero-order valence-corrected chi connectivity index (χ0v) is 17.5. The monoisotopic (exact) mass is 418 g/mol. The van der Waals surface area contributed by atoms with Gasteiger partial charge in [-0.1, -0.05) is 13.0 Å². The molecule has 0 aliphatic carbocycles. The van der Waals surface area contributed by atoms with Crippen molar-refractivity contribution in [2.24, 2.45) is 0 Å². The van der Waals surface area contributed by atoms with Crippen LogP contribution in [0.15, 0.2) is 41.8 Å². The van der Waals surface area contributed by atoms with Gasteiger partial charge in [0.05, 0.1) is 13.1 Å². The first-order valence-electron chi connectivity index (χ1n) is 9.83. The van der Waals surface area contributed by atoms with Crippen molar-refractivity contribution < 1.29 is 14.0 Å². The van der Waals surface area contributed by atoms with Gasteiger partial charge in [-0.15, -0.1) is 11.3 Å². The third-order valence-corrected chi connectivity index (χ3v) is 5.85. The van der Waals surface area contributed by atoms with E-state index in [4.69, 9.17) is 0 Å². The van der Waals surface area contributed by atoms with Gasteiger partial charge in [0.1, 0.15) is 5.82 Å². The van der Waals surface area contributed by atoms with Crippen molar-refractivity contribution in [1.82, 2.24) is 14.7 Å². The van der Waals surface area contributed by atoms with E-state index in [9.17, 15) is 14.0 Å². The highest BCUT2D eigenvalue weighted by Crippen LogP contribution is 2.13. The van der Waals surface area contributed by atoms with Crippen LogP contribution in [-0.4, -0.2) is 72.3 Å². The standard InChI is InChI=1S/C21H27FN4O2S/c1-2-24(14-19-4-3-13-29-19)16-21(28)26-11-9-25(10-12-26)15-20(27)23-18-7-5-17(22)6-8-18/h3-8,13H,2,9-12,14-16H2,1H3,(H,23,27). The van der Waals surface area contributed by atoms with Gasteiger partial charge in [0, 0.05) is 43.3 Å². The maximum Gasteiger partial charge on any atom is 0.238 e. The fourth-order valence-electron chi connectivity index (χ4n) is 3.29. The molecule has 1 aliphatic rings. The predicted molar refractivity (Wildman–Crippen MR) is 113 cm³/mol. The van der Waals surface area contributed by atoms with Crippen LogP contribution in [0.3, 0.4) is 0 Å². The molecule has 0 bridgehead atoms. The van der Waals surface area contributed by atoms with Gasteiger partial charge in [0.2, 0.25) is 11.8 Å². The fourth-order valence-corrected chi connectivity index (χ4v) is 4.03. The molecule has 2 aromatic rings. The van der Waals surface area contributed by atoms with Crippen molar-refractivity contribution in [1.29, 1.82) is 0 Å². The second-order valence-corrected chi connectivity index (χ2v) is 8.13. The number of anilines is 1. The molecule has 1 aromatic heterocycles. The first-order valence-corrected chi connectivity index (χ1v) is 10.7. The van der Waals surface area contributed by atoms with Gasteiger partial charge in [-0.3, -0.25) is 19.4 Å². The summed E-state index contributed by atoms with van der Waals surface area (Å²) in [6.07, 6.45) is 0. The van der Waals surface area contributed by atoms with Crippen LogP contribution in [0.5, 0.6) is 0 Å². The van der Waals surface area contributed by atoms with Crippen molar-refractivity contribution in [2.75, 3.05) is 51.1 Å². The van der Waals surface area contributed by atoms with Crippen molar-refractivity contribution in [3.05, 3.63) is 52.5 Å². The van der Waals surface area contributed by atoms with Crippen LogP contribution in [0.4, 0.5) is 10.1 Å². The maximum atomic E-state index is 12.9. The van der Waals surface area contributed by atoms with Gasteiger partial charge >= 0.3 is 0 Å². The van der Waals surface area contributed by atoms with Crippen molar-refractivity contribution in [3.8, 4) is 0 Å². The van der Waals surface area contributed by atoms with Crippen LogP contribution < -0.4 is 5.32 Å². The minimum atomic E-state index is -0.333. The number of amides is 2. The Balaban J connectivity index is 1.40. The van der Waals surface area contributed by atoms with Gasteiger partial charge in [-0.2, -0.15) is 0 Å². The first kappa shape index (κ1) is 21.4. The highest BCUT2D eigenvalue weighted by Gasteiger charge is 2.23. The molecular formula is C21H27FN4O2S. The molecule has 0 radical (unpaired) electrons. The Bertz CT molecular complexity index is 790. The fraction of sp³-hybridized carbons (Fsp3) is 0.429. The third-order valence-electron chi connectivity index (χ3n) is 4.99. The number of benzene rings is 1. The SMILES string of the molecule is CCN(CC(=O)N1CCN(CC(=O)Nc2ccc(F)cc2)CC1)Cc1cccs1. The van der Waals surface area contributed by atoms with E-state index in [-0.39, 0.29) is 24.2 Å². The Hall–Kier alpha value is -2.29. The molecule has 2 amide bonds. The van der Waals surface area contributed by atoms with E-state index >= 15 is 0 Å². The number of carbonyl (C=O) groups excluding carboxylic acids is 2. The first-order chi connectivity index (χ1) is 14.0. The van der Waals surface area contributed by atoms with Crippen molar-refractivity contribution >= 4 is 28.8 Å². The van der Waals surface area contributed by atoms with Gasteiger partial charge in [-0.05, 0) is 42.3 Å². The molecule has 0 unspecified atom stereocenters. The largest absolute Gasteiger partial charge is 0.339 e. The van der Waals surface area contributed by atoms with Crippen LogP contribution >= 0.6 is 11.3 Å². The van der Waals surface area contributed by atoms with Crippen LogP contribution in [0, 0.1) is 5.82 Å². The molecule has 1 saturated heterocycles. The lowest BCUT2D eigenvalue weighted by Gasteiger charge is -2.35. The quantitative estimate of drug-likeness (QED) is 0.716. The van der Waals surface area contributed by atoms with E-state index in [1.165, 1.54) is 17.0 Å². The summed E-state index contributed by atoms with van der Waals surface area (Å²) in [6.45, 7) is 6.95. The second kappa shape index (κ2) is 10.5. The average Bonchev–Trinajstić information content (AvgIpc) is 3.22. The van der Waals surface area contributed by atoms with Crippen LogP contribution in [0.25, 0.3) is 0 Å². The molecule has 1 aliphatic heterocycles. The number of rotatable bonds is 8. The number of likely N-dealkylation sites (N-methyl/N-ethyl adjacent to an activating group) is 1. The molecule has 3 rings (SSSR count). The molecule has 1 fully saturated rings. The van der Waals surface area contributed by atoms with E-state index < -0.39 is 0 Å². The molecule has 156 valence electrons. The summed E-state index contributed by atoms with van der Waals surface area (Å²) in [4.78, 5) is 32.2. The Morgan fingerprint density at radius 2 is 1.86 bits per heavy atom. The maximum absolute atomic E-state index is 12.9. The van der Waals surface area contributed by atoms with Crippen molar-refractivity contribution in [3.63, 3.8) is 0 Å². The Morgan fingerprint density at radius 1 is 1.14 bits per heavy atom. The number of piperazine rings is 1. The lowest BCUT2D eigenvalue weighted by atomic mass is 10.2. The summed E-state index contributed by atoms with van der Waals surface area (Å²) < 4.78 is 12.9. The molecule has 2 heterocycles. The van der Waals surface area contributed by atoms with Gasteiger partial charge in [0.15, 0.2) is 0 Å². The third kappa shape index (κ3) is 6.62. The van der Waals surface area contributed by atoms with Crippen LogP contribution in [0.1, 0.15) is 11.8 Å². The number of hydrogen-bond acceptors (Lipinski definition) is 5. The minimum absolute atomic E-state index is 0.135. The molecule has 1 aromatic carbocycles. The summed E-state index contributed by atoms with van der Waals surface area (Å²) >= 11 is 1.71. The predicted octanol–water partition coefficient (Wildman–Crippen LogP) is 2.49. The number of nitrogens with zero attached hydrogens (tertiary/aromatic N) is 3. The highest BCUT2D eigenvalue weighted by atomic mass is 32.1. The summed E-state index contributed by atoms with van der Waals surface area (Å²) in [5.41, 5.74) is 0.579. The normalized spacial score (nSPS) is 14.9. The van der Waals surface area contributed by atoms with Crippen LogP contribution in [-0.2, 0) is 16.1 Å². The smallest absolute Gasteiger partial charge is 0.238 e. The summed E-state index contributed by atoms with van der Waals surface area (Å²) in [5.74, 6) is -0.330. The second-order valence-electron chi connectivity index (χ2n) is 7.09. The Labute approximate surface area is 174 Å². The summed E-state index contributed by atoms with van der Waals surface area (Å²) in [6, 6.07) is 9.84. The topological polar surface area (TPSA) is 55.9 Å². The number of nitrogens with one attached hydrogen (secondary N) is 1. The van der Waals surface area contributed by atoms with E-state index in [2.05, 4.69) is 28.6 Å². The van der Waals surface area contributed by atoms with Gasteiger partial charge in [-0.25, -0.2) is 4.39 Å². The lowest BCUT2D eigenvalue weighted by molar-refractivity contribution is -0.134. The highest BCUT2D eigenvalue weighted by molar-refractivity contribution is 7.09. The molecule has 1 N–H and O–H groups in total. The number of thiophene rings is 1. The minimum Gasteiger partial charge on any atom is -0.339 e. The van der Waals surface area contributed by atoms with E-state index in [0.717, 1.165) is 13.1 Å². The molecule has 8 heteroatoms. The van der Waals surface area contributed by atoms with E-state index in [0.29, 0.717) is 38.4 Å². The molecule has 29 heavy (non-hydrogen) atoms. The summed E-state index contributed by atoms with van der Waals surface area (Å²) in [7, 11) is 0. The molecule has 0 saturated carbocycles. The van der Waals surface area contributed by atoms with Crippen LogP contribution in [0.2, 0.25) is 0 Å². The Kier molecular flexibility index (Phi) is 7.74. The molecule has 0 atom stereocenters. The number of carbonyl (C=O) groups is 2. The van der Waals surface area contributed by atoms with Gasteiger partial charge < -0.3 is 10.2 Å². The molecular weight excluding hydrogens is 391 g/mol.